The van der Waals surface area contributed by atoms with Crippen molar-refractivity contribution >= 4 is 17.3 Å². The van der Waals surface area contributed by atoms with Gasteiger partial charge in [-0.05, 0) is 26.0 Å². The van der Waals surface area contributed by atoms with Gasteiger partial charge in [-0.15, -0.1) is 5.11 Å². The number of carbonyl (C=O) groups excluding carboxylic acids is 1. The summed E-state index contributed by atoms with van der Waals surface area (Å²) in [5.74, 6) is -0.344. The van der Waals surface area contributed by atoms with Crippen LogP contribution in [0.3, 0.4) is 0 Å². The molecule has 0 saturated heterocycles. The third-order valence-electron chi connectivity index (χ3n) is 3.78. The molecule has 8 heteroatoms. The normalized spacial score (nSPS) is 17.6. The van der Waals surface area contributed by atoms with Crippen LogP contribution in [0.4, 0.5) is 5.69 Å². The molecule has 1 atom stereocenters. The highest BCUT2D eigenvalue weighted by molar-refractivity contribution is 6.10. The maximum absolute atomic E-state index is 12.6. The predicted octanol–water partition coefficient (Wildman–Crippen LogP) is 1.44. The van der Waals surface area contributed by atoms with Gasteiger partial charge in [0.15, 0.2) is 11.7 Å². The first-order valence-electron chi connectivity index (χ1n) is 7.09. The first-order chi connectivity index (χ1) is 11.0. The number of nitrogens with one attached hydrogen (secondary N) is 1. The second-order valence-corrected chi connectivity index (χ2v) is 5.26. The molecule has 1 unspecified atom stereocenters. The lowest BCUT2D eigenvalue weighted by atomic mass is 10.2. The lowest BCUT2D eigenvalue weighted by Gasteiger charge is -2.07. The fourth-order valence-electron chi connectivity index (χ4n) is 2.38. The molecule has 1 aliphatic rings. The molecule has 1 N–H and O–H groups in total. The molecule has 118 valence electrons. The highest BCUT2D eigenvalue weighted by Gasteiger charge is 2.27. The Balaban J connectivity index is 2.04. The first kappa shape index (κ1) is 14.9. The molecule has 1 amide bonds. The summed E-state index contributed by atoms with van der Waals surface area (Å²) in [6, 6.07) is 8.49. The number of hydrazone groups is 1. The monoisotopic (exact) mass is 312 g/mol. The minimum Gasteiger partial charge on any atom is -0.283 e. The van der Waals surface area contributed by atoms with E-state index in [1.165, 1.54) is 4.68 Å². The van der Waals surface area contributed by atoms with Gasteiger partial charge >= 0.3 is 0 Å². The zero-order valence-corrected chi connectivity index (χ0v) is 13.0. The van der Waals surface area contributed by atoms with Gasteiger partial charge < -0.3 is 0 Å². The average Bonchev–Trinajstić information content (AvgIpc) is 2.97. The standard InChI is InChI=1S/C15H16N6O2/c1-9-12(14(22)19-16-9)17-18-13-10(2)20(3)21(15(13)23)11-7-5-4-6-8-11/h4-8,12H,1-3H3,(H,19,22). The molecule has 2 heterocycles. The smallest absolute Gasteiger partial charge is 0.283 e. The van der Waals surface area contributed by atoms with Crippen LogP contribution in [0.15, 0.2) is 50.5 Å². The van der Waals surface area contributed by atoms with Crippen molar-refractivity contribution in [3.63, 3.8) is 0 Å². The van der Waals surface area contributed by atoms with Crippen LogP contribution in [-0.4, -0.2) is 27.0 Å². The van der Waals surface area contributed by atoms with Crippen LogP contribution in [0.2, 0.25) is 0 Å². The largest absolute Gasteiger partial charge is 0.299 e. The fraction of sp³-hybridized carbons (Fsp3) is 0.267. The summed E-state index contributed by atoms with van der Waals surface area (Å²) >= 11 is 0. The van der Waals surface area contributed by atoms with Crippen molar-refractivity contribution in [2.45, 2.75) is 19.9 Å². The van der Waals surface area contributed by atoms with Gasteiger partial charge in [-0.1, -0.05) is 18.2 Å². The molecule has 3 rings (SSSR count). The van der Waals surface area contributed by atoms with Gasteiger partial charge in [0, 0.05) is 7.05 Å². The van der Waals surface area contributed by atoms with E-state index in [0.717, 1.165) is 5.69 Å². The number of para-hydroxylation sites is 1. The number of rotatable bonds is 3. The molecule has 8 nitrogen and oxygen atoms in total. The van der Waals surface area contributed by atoms with Crippen molar-refractivity contribution in [3.8, 4) is 5.69 Å². The first-order valence-corrected chi connectivity index (χ1v) is 7.09. The lowest BCUT2D eigenvalue weighted by Crippen LogP contribution is -2.25. The van der Waals surface area contributed by atoms with Crippen molar-refractivity contribution in [1.82, 2.24) is 14.8 Å². The van der Waals surface area contributed by atoms with Crippen molar-refractivity contribution in [3.05, 3.63) is 46.4 Å². The van der Waals surface area contributed by atoms with Crippen molar-refractivity contribution < 1.29 is 4.79 Å². The Kier molecular flexibility index (Phi) is 3.65. The van der Waals surface area contributed by atoms with Crippen molar-refractivity contribution in [2.24, 2.45) is 22.4 Å². The van der Waals surface area contributed by atoms with E-state index in [4.69, 9.17) is 0 Å². The average molecular weight is 312 g/mol. The number of hydrogen-bond acceptors (Lipinski definition) is 5. The minimum absolute atomic E-state index is 0.212. The second-order valence-electron chi connectivity index (χ2n) is 5.26. The molecule has 1 aromatic carbocycles. The number of aromatic nitrogens is 2. The third kappa shape index (κ3) is 2.48. The maximum Gasteiger partial charge on any atom is 0.299 e. The van der Waals surface area contributed by atoms with E-state index in [2.05, 4.69) is 20.8 Å². The summed E-state index contributed by atoms with van der Waals surface area (Å²) in [6.07, 6.45) is 0. The predicted molar refractivity (Wildman–Crippen MR) is 85.3 cm³/mol. The minimum atomic E-state index is -0.779. The van der Waals surface area contributed by atoms with Gasteiger partial charge in [0.05, 0.1) is 17.1 Å². The summed E-state index contributed by atoms with van der Waals surface area (Å²) in [5, 5.41) is 11.8. The van der Waals surface area contributed by atoms with E-state index in [-0.39, 0.29) is 17.2 Å². The lowest BCUT2D eigenvalue weighted by molar-refractivity contribution is -0.120. The van der Waals surface area contributed by atoms with Crippen LogP contribution in [0, 0.1) is 6.92 Å². The van der Waals surface area contributed by atoms with Crippen molar-refractivity contribution in [1.29, 1.82) is 0 Å². The van der Waals surface area contributed by atoms with Crippen molar-refractivity contribution in [2.75, 3.05) is 0 Å². The van der Waals surface area contributed by atoms with Gasteiger partial charge in [0.1, 0.15) is 0 Å². The second kappa shape index (κ2) is 5.64. The number of benzene rings is 1. The molecular weight excluding hydrogens is 296 g/mol. The van der Waals surface area contributed by atoms with Crippen LogP contribution in [0.25, 0.3) is 5.69 Å². The van der Waals surface area contributed by atoms with Crippen LogP contribution < -0.4 is 11.0 Å². The van der Waals surface area contributed by atoms with Gasteiger partial charge in [-0.25, -0.2) is 10.1 Å². The van der Waals surface area contributed by atoms with E-state index in [1.54, 1.807) is 25.6 Å². The van der Waals surface area contributed by atoms with Gasteiger partial charge in [-0.3, -0.25) is 14.3 Å². The van der Waals surface area contributed by atoms with E-state index in [0.29, 0.717) is 11.4 Å². The van der Waals surface area contributed by atoms with Crippen LogP contribution in [0.5, 0.6) is 0 Å². The number of azo groups is 1. The molecule has 0 fully saturated rings. The molecular formula is C15H16N6O2. The van der Waals surface area contributed by atoms with E-state index in [1.807, 2.05) is 30.3 Å². The Morgan fingerprint density at radius 3 is 2.48 bits per heavy atom. The Morgan fingerprint density at radius 1 is 1.17 bits per heavy atom. The SMILES string of the molecule is CC1=NNC(=O)C1N=Nc1c(C)n(C)n(-c2ccccc2)c1=O. The Bertz CT molecular complexity index is 875. The van der Waals surface area contributed by atoms with Gasteiger partial charge in [0.2, 0.25) is 0 Å². The van der Waals surface area contributed by atoms with Gasteiger partial charge in [0.25, 0.3) is 11.5 Å². The summed E-state index contributed by atoms with van der Waals surface area (Å²) < 4.78 is 3.22. The number of carbonyl (C=O) groups is 1. The topological polar surface area (TPSA) is 93.1 Å². The molecule has 0 spiro atoms. The summed E-state index contributed by atoms with van der Waals surface area (Å²) in [6.45, 7) is 3.46. The van der Waals surface area contributed by atoms with Crippen LogP contribution in [0.1, 0.15) is 12.6 Å². The zero-order valence-electron chi connectivity index (χ0n) is 13.0. The molecule has 0 aliphatic carbocycles. The van der Waals surface area contributed by atoms with E-state index >= 15 is 0 Å². The highest BCUT2D eigenvalue weighted by atomic mass is 16.2. The van der Waals surface area contributed by atoms with E-state index < -0.39 is 6.04 Å². The van der Waals surface area contributed by atoms with Crippen LogP contribution >= 0.6 is 0 Å². The number of nitrogens with zero attached hydrogens (tertiary/aromatic N) is 5. The summed E-state index contributed by atoms with van der Waals surface area (Å²) in [5.41, 5.74) is 4.18. The Labute approximate surface area is 132 Å². The third-order valence-corrected chi connectivity index (χ3v) is 3.78. The van der Waals surface area contributed by atoms with Gasteiger partial charge in [-0.2, -0.15) is 10.2 Å². The summed E-state index contributed by atoms with van der Waals surface area (Å²) in [4.78, 5) is 24.2. The molecule has 0 saturated carbocycles. The molecule has 23 heavy (non-hydrogen) atoms. The van der Waals surface area contributed by atoms with E-state index in [9.17, 15) is 9.59 Å². The molecule has 2 aromatic rings. The maximum atomic E-state index is 12.6. The molecule has 0 bridgehead atoms. The number of amides is 1. The Hall–Kier alpha value is -3.03. The molecule has 1 aromatic heterocycles. The molecule has 0 radical (unpaired) electrons. The summed E-state index contributed by atoms with van der Waals surface area (Å²) in [7, 11) is 1.78. The number of hydrogen-bond donors (Lipinski definition) is 1. The Morgan fingerprint density at radius 2 is 1.87 bits per heavy atom. The quantitative estimate of drug-likeness (QED) is 0.868. The fourth-order valence-corrected chi connectivity index (χ4v) is 2.38. The highest BCUT2D eigenvalue weighted by Crippen LogP contribution is 2.18. The van der Waals surface area contributed by atoms with Crippen LogP contribution in [-0.2, 0) is 11.8 Å². The molecule has 1 aliphatic heterocycles. The zero-order chi connectivity index (χ0) is 16.6.